The lowest BCUT2D eigenvalue weighted by atomic mass is 10.0. The van der Waals surface area contributed by atoms with Gasteiger partial charge in [-0.15, -0.1) is 0 Å². The van der Waals surface area contributed by atoms with Gasteiger partial charge in [-0.2, -0.15) is 0 Å². The highest BCUT2D eigenvalue weighted by molar-refractivity contribution is 7.47. The summed E-state index contributed by atoms with van der Waals surface area (Å²) in [4.78, 5) is 35.1. The predicted octanol–water partition coefficient (Wildman–Crippen LogP) is 11.7. The first-order chi connectivity index (χ1) is 24.4. The Hall–Kier alpha value is -1.25. The lowest BCUT2D eigenvalue weighted by Crippen LogP contribution is -2.37. The minimum absolute atomic E-state index is 0.0327. The topological polar surface area (TPSA) is 108 Å². The summed E-state index contributed by atoms with van der Waals surface area (Å²) in [6.45, 7) is 8.62. The van der Waals surface area contributed by atoms with E-state index in [2.05, 4.69) is 39.8 Å². The Labute approximate surface area is 315 Å². The zero-order valence-electron chi connectivity index (χ0n) is 34.4. The second-order valence-electron chi connectivity index (χ2n) is 15.0. The van der Waals surface area contributed by atoms with E-state index < -0.39 is 26.5 Å². The lowest BCUT2D eigenvalue weighted by Gasteiger charge is -2.24. The standard InChI is InChI=1S/C38H74NO8P.C3H8/c1-6-8-10-12-14-16-18-19-21-22-24-26-28-30-37(40)44-34-36(35-46-48(42,43)45-33-32-39(3,4)5)47-38(41)31-29-27-25-23-20-17-15-13-11-9-7-2;1-3-2/h13,15,36H,6-12,14,16-35H2,1-5H3;3H2,1-2H3/p+1/b15-13+;/t36-;/m0./s1. The quantitative estimate of drug-likeness (QED) is 0.0224. The second kappa shape index (κ2) is 37.1. The molecule has 10 heteroatoms. The molecule has 51 heavy (non-hydrogen) atoms. The van der Waals surface area contributed by atoms with Gasteiger partial charge in [0.05, 0.1) is 27.7 Å². The molecule has 9 nitrogen and oxygen atoms in total. The third-order valence-corrected chi connectivity index (χ3v) is 9.28. The minimum atomic E-state index is -4.36. The summed E-state index contributed by atoms with van der Waals surface area (Å²) in [5.41, 5.74) is 0. The fourth-order valence-electron chi connectivity index (χ4n) is 5.17. The average molecular weight is 749 g/mol. The van der Waals surface area contributed by atoms with Crippen molar-refractivity contribution in [1.29, 1.82) is 0 Å². The monoisotopic (exact) mass is 749 g/mol. The molecule has 0 amide bonds. The van der Waals surface area contributed by atoms with Gasteiger partial charge in [-0.3, -0.25) is 18.6 Å². The molecule has 0 bridgehead atoms. The molecule has 0 radical (unpaired) electrons. The number of ether oxygens (including phenoxy) is 2. The van der Waals surface area contributed by atoms with Crippen LogP contribution in [0.5, 0.6) is 0 Å². The Morgan fingerprint density at radius 2 is 1.04 bits per heavy atom. The van der Waals surface area contributed by atoms with Gasteiger partial charge in [0.2, 0.25) is 0 Å². The Kier molecular flexibility index (Phi) is 37.7. The number of nitrogens with zero attached hydrogens (tertiary/aromatic N) is 1. The van der Waals surface area contributed by atoms with Crippen molar-refractivity contribution in [2.75, 3.05) is 47.5 Å². The summed E-state index contributed by atoms with van der Waals surface area (Å²) in [5, 5.41) is 0. The SMILES string of the molecule is CCC.CCCC/C=C/CCCCCCCC(=O)O[C@@H](COC(=O)CCCCCCCCCCCCCCC)COP(=O)(O)OCC[N+](C)(C)C. The van der Waals surface area contributed by atoms with Crippen molar-refractivity contribution in [1.82, 2.24) is 0 Å². The van der Waals surface area contributed by atoms with E-state index in [-0.39, 0.29) is 25.6 Å². The van der Waals surface area contributed by atoms with Crippen molar-refractivity contribution in [2.45, 2.75) is 194 Å². The van der Waals surface area contributed by atoms with Crippen molar-refractivity contribution in [3.8, 4) is 0 Å². The summed E-state index contributed by atoms with van der Waals surface area (Å²) in [5.74, 6) is -0.806. The number of rotatable bonds is 35. The first-order valence-corrected chi connectivity index (χ1v) is 22.3. The van der Waals surface area contributed by atoms with Gasteiger partial charge >= 0.3 is 19.8 Å². The second-order valence-corrected chi connectivity index (χ2v) is 16.5. The molecule has 1 N–H and O–H groups in total. The molecule has 0 saturated carbocycles. The fourth-order valence-corrected chi connectivity index (χ4v) is 5.91. The molecular weight excluding hydrogens is 665 g/mol. The van der Waals surface area contributed by atoms with E-state index in [1.807, 2.05) is 21.1 Å². The lowest BCUT2D eigenvalue weighted by molar-refractivity contribution is -0.870. The van der Waals surface area contributed by atoms with E-state index >= 15 is 0 Å². The number of likely N-dealkylation sites (N-methyl/N-ethyl adjacent to an activating group) is 1. The van der Waals surface area contributed by atoms with Crippen LogP contribution in [0, 0.1) is 0 Å². The van der Waals surface area contributed by atoms with Crippen LogP contribution >= 0.6 is 7.82 Å². The Morgan fingerprint density at radius 3 is 1.53 bits per heavy atom. The molecule has 0 aliphatic carbocycles. The highest BCUT2D eigenvalue weighted by atomic mass is 31.2. The molecule has 0 aliphatic heterocycles. The molecule has 0 rings (SSSR count). The normalized spacial score (nSPS) is 13.4. The molecule has 0 aromatic carbocycles. The predicted molar refractivity (Wildman–Crippen MR) is 213 cm³/mol. The minimum Gasteiger partial charge on any atom is -0.462 e. The maximum Gasteiger partial charge on any atom is 0.472 e. The van der Waals surface area contributed by atoms with Crippen LogP contribution in [0.4, 0.5) is 0 Å². The van der Waals surface area contributed by atoms with Crippen molar-refractivity contribution < 1.29 is 42.1 Å². The van der Waals surface area contributed by atoms with Crippen LogP contribution in [-0.2, 0) is 32.7 Å². The number of unbranched alkanes of at least 4 members (excludes halogenated alkanes) is 19. The van der Waals surface area contributed by atoms with Crippen LogP contribution < -0.4 is 0 Å². The summed E-state index contributed by atoms with van der Waals surface area (Å²) < 4.78 is 34.1. The molecule has 304 valence electrons. The molecule has 0 saturated heterocycles. The third kappa shape index (κ3) is 43.0. The Balaban J connectivity index is 0. The largest absolute Gasteiger partial charge is 0.472 e. The third-order valence-electron chi connectivity index (χ3n) is 8.30. The Bertz CT molecular complexity index is 861. The number of esters is 2. The smallest absolute Gasteiger partial charge is 0.462 e. The van der Waals surface area contributed by atoms with E-state index in [0.717, 1.165) is 57.8 Å². The first-order valence-electron chi connectivity index (χ1n) is 20.8. The van der Waals surface area contributed by atoms with Gasteiger partial charge in [-0.05, 0) is 32.1 Å². The molecule has 1 unspecified atom stereocenters. The molecule has 0 heterocycles. The van der Waals surface area contributed by atoms with Crippen molar-refractivity contribution in [3.63, 3.8) is 0 Å². The number of carbonyl (C=O) groups excluding carboxylic acids is 2. The van der Waals surface area contributed by atoms with E-state index in [1.54, 1.807) is 0 Å². The van der Waals surface area contributed by atoms with Crippen LogP contribution in [0.3, 0.4) is 0 Å². The van der Waals surface area contributed by atoms with Gasteiger partial charge in [0, 0.05) is 12.8 Å². The van der Waals surface area contributed by atoms with E-state index in [1.165, 1.54) is 83.5 Å². The van der Waals surface area contributed by atoms with Crippen LogP contribution in [0.15, 0.2) is 12.2 Å². The molecule has 0 spiro atoms. The molecule has 2 atom stereocenters. The number of phosphoric ester groups is 1. The van der Waals surface area contributed by atoms with Crippen molar-refractivity contribution >= 4 is 19.8 Å². The van der Waals surface area contributed by atoms with Gasteiger partial charge in [-0.25, -0.2) is 4.57 Å². The van der Waals surface area contributed by atoms with Gasteiger partial charge in [0.25, 0.3) is 0 Å². The van der Waals surface area contributed by atoms with Gasteiger partial charge in [-0.1, -0.05) is 155 Å². The van der Waals surface area contributed by atoms with Crippen LogP contribution in [0.1, 0.15) is 188 Å². The number of phosphoric acid groups is 1. The molecule has 0 aliphatic rings. The van der Waals surface area contributed by atoms with Gasteiger partial charge in [0.15, 0.2) is 6.10 Å². The average Bonchev–Trinajstić information content (AvgIpc) is 3.06. The van der Waals surface area contributed by atoms with Crippen molar-refractivity contribution in [2.24, 2.45) is 0 Å². The summed E-state index contributed by atoms with van der Waals surface area (Å²) in [6.07, 6.45) is 30.9. The highest BCUT2D eigenvalue weighted by Crippen LogP contribution is 2.43. The van der Waals surface area contributed by atoms with Gasteiger partial charge in [0.1, 0.15) is 19.8 Å². The Morgan fingerprint density at radius 1 is 0.608 bits per heavy atom. The number of quaternary nitrogens is 1. The number of hydrogen-bond donors (Lipinski definition) is 1. The maximum atomic E-state index is 12.6. The number of allylic oxidation sites excluding steroid dienone is 2. The number of carbonyl (C=O) groups is 2. The zero-order chi connectivity index (χ0) is 38.5. The van der Waals surface area contributed by atoms with E-state index in [9.17, 15) is 19.0 Å². The van der Waals surface area contributed by atoms with E-state index in [4.69, 9.17) is 18.5 Å². The fraction of sp³-hybridized carbons (Fsp3) is 0.902. The summed E-state index contributed by atoms with van der Waals surface area (Å²) in [7, 11) is 1.48. The molecular formula is C41H83NO8P+. The van der Waals surface area contributed by atoms with Crippen LogP contribution in [0.25, 0.3) is 0 Å². The van der Waals surface area contributed by atoms with E-state index in [0.29, 0.717) is 23.9 Å². The van der Waals surface area contributed by atoms with Gasteiger partial charge < -0.3 is 18.9 Å². The van der Waals surface area contributed by atoms with Crippen LogP contribution in [0.2, 0.25) is 0 Å². The first kappa shape index (κ1) is 51.9. The summed E-state index contributed by atoms with van der Waals surface area (Å²) >= 11 is 0. The molecule has 0 aromatic heterocycles. The number of hydrogen-bond acceptors (Lipinski definition) is 7. The summed E-state index contributed by atoms with van der Waals surface area (Å²) in [6, 6.07) is 0. The maximum absolute atomic E-state index is 12.6. The zero-order valence-corrected chi connectivity index (χ0v) is 35.3. The van der Waals surface area contributed by atoms with Crippen molar-refractivity contribution in [3.05, 3.63) is 12.2 Å². The highest BCUT2D eigenvalue weighted by Gasteiger charge is 2.27. The molecule has 0 aromatic rings. The van der Waals surface area contributed by atoms with Crippen LogP contribution in [-0.4, -0.2) is 74.9 Å². The molecule has 0 fully saturated rings.